The molecule has 0 aliphatic carbocycles. The van der Waals surface area contributed by atoms with E-state index in [0.717, 1.165) is 27.6 Å². The number of likely N-dealkylation sites (N-methyl/N-ethyl adjacent to an activating group) is 1. The van der Waals surface area contributed by atoms with Crippen molar-refractivity contribution in [2.45, 2.75) is 73.6 Å². The van der Waals surface area contributed by atoms with Crippen LogP contribution in [-0.4, -0.2) is 70.7 Å². The van der Waals surface area contributed by atoms with Crippen molar-refractivity contribution >= 4 is 69.5 Å². The van der Waals surface area contributed by atoms with Crippen LogP contribution in [0.3, 0.4) is 0 Å². The molecule has 270 valence electrons. The molecule has 0 spiro atoms. The van der Waals surface area contributed by atoms with Gasteiger partial charge in [0.05, 0.1) is 17.6 Å². The first kappa shape index (κ1) is 38.1. The van der Waals surface area contributed by atoms with Gasteiger partial charge in [-0.15, -0.1) is 0 Å². The number of aromatic amines is 1. The highest BCUT2D eigenvalue weighted by atomic mass is 35.5. The quantitative estimate of drug-likeness (QED) is 0.138. The highest BCUT2D eigenvalue weighted by molar-refractivity contribution is 7.99. The van der Waals surface area contributed by atoms with Gasteiger partial charge in [0.2, 0.25) is 23.6 Å². The predicted octanol–water partition coefficient (Wildman–Crippen LogP) is 4.04. The SMILES string of the molecule is CN1CC(=O)NCc2cc(Cl)cc(Cl)c2Sc2nccc(Cc3c[nH]c4ccccc34)c2CN[C@@H](CCC(N)=O)C(=O)N[C@@H](CCCCN)C1=O. The van der Waals surface area contributed by atoms with E-state index >= 15 is 0 Å². The van der Waals surface area contributed by atoms with Crippen molar-refractivity contribution in [3.8, 4) is 0 Å². The average molecular weight is 754 g/mol. The number of carbonyl (C=O) groups is 4. The van der Waals surface area contributed by atoms with Gasteiger partial charge in [0, 0.05) is 71.8 Å². The van der Waals surface area contributed by atoms with E-state index in [4.69, 9.17) is 39.7 Å². The van der Waals surface area contributed by atoms with Crippen LogP contribution in [0.2, 0.25) is 10.0 Å². The number of para-hydroxylation sites is 1. The van der Waals surface area contributed by atoms with Crippen LogP contribution in [0.15, 0.2) is 64.8 Å². The van der Waals surface area contributed by atoms with Crippen LogP contribution in [0.1, 0.15) is 54.4 Å². The third-order valence-corrected chi connectivity index (χ3v) is 10.6. The summed E-state index contributed by atoms with van der Waals surface area (Å²) in [7, 11) is 1.51. The third-order valence-electron chi connectivity index (χ3n) is 8.77. The van der Waals surface area contributed by atoms with E-state index in [9.17, 15) is 19.2 Å². The first-order valence-corrected chi connectivity index (χ1v) is 18.3. The molecule has 1 aliphatic rings. The zero-order valence-corrected chi connectivity index (χ0v) is 30.6. The number of H-pyrrole nitrogens is 1. The van der Waals surface area contributed by atoms with Gasteiger partial charge in [-0.05, 0) is 73.2 Å². The first-order chi connectivity index (χ1) is 24.5. The Balaban J connectivity index is 1.59. The molecule has 3 heterocycles. The fourth-order valence-corrected chi connectivity index (χ4v) is 7.77. The molecule has 4 aromatic rings. The molecule has 2 aromatic carbocycles. The lowest BCUT2D eigenvalue weighted by Gasteiger charge is -2.27. The van der Waals surface area contributed by atoms with Crippen LogP contribution in [0.25, 0.3) is 10.9 Å². The molecule has 5 rings (SSSR count). The van der Waals surface area contributed by atoms with Gasteiger partial charge in [0.15, 0.2) is 0 Å². The Morgan fingerprint density at radius 2 is 1.84 bits per heavy atom. The Labute approximate surface area is 310 Å². The maximum atomic E-state index is 13.9. The summed E-state index contributed by atoms with van der Waals surface area (Å²) in [4.78, 5) is 62.6. The lowest BCUT2D eigenvalue weighted by Crippen LogP contribution is -2.54. The molecule has 0 fully saturated rings. The number of primary amides is 1. The molecular formula is C36H42Cl2N8O4S. The number of hydrogen-bond acceptors (Lipinski definition) is 8. The van der Waals surface area contributed by atoms with E-state index < -0.39 is 35.7 Å². The molecule has 2 atom stereocenters. The fourth-order valence-electron chi connectivity index (χ4n) is 6.06. The Morgan fingerprint density at radius 3 is 2.63 bits per heavy atom. The van der Waals surface area contributed by atoms with E-state index in [-0.39, 0.29) is 32.5 Å². The molecule has 4 amide bonds. The number of benzene rings is 2. The second-order valence-corrected chi connectivity index (χ2v) is 14.4. The summed E-state index contributed by atoms with van der Waals surface area (Å²) in [5, 5.41) is 11.6. The molecule has 0 bridgehead atoms. The number of aromatic nitrogens is 2. The minimum atomic E-state index is -0.921. The van der Waals surface area contributed by atoms with E-state index in [1.165, 1.54) is 23.7 Å². The summed E-state index contributed by atoms with van der Waals surface area (Å²) in [6.07, 6.45) is 5.85. The molecule has 15 heteroatoms. The maximum Gasteiger partial charge on any atom is 0.245 e. The maximum absolute atomic E-state index is 13.9. The molecular weight excluding hydrogens is 711 g/mol. The molecule has 51 heavy (non-hydrogen) atoms. The second kappa shape index (κ2) is 17.9. The lowest BCUT2D eigenvalue weighted by atomic mass is 10.0. The number of halogens is 2. The van der Waals surface area contributed by atoms with E-state index in [1.807, 2.05) is 30.5 Å². The number of nitrogens with one attached hydrogen (secondary N) is 4. The fraction of sp³-hybridized carbons (Fsp3) is 0.361. The van der Waals surface area contributed by atoms with E-state index in [0.29, 0.717) is 57.8 Å². The van der Waals surface area contributed by atoms with Gasteiger partial charge in [-0.25, -0.2) is 4.98 Å². The number of unbranched alkanes of at least 4 members (excludes halogenated alkanes) is 1. The monoisotopic (exact) mass is 752 g/mol. The van der Waals surface area contributed by atoms with Crippen molar-refractivity contribution in [2.24, 2.45) is 11.5 Å². The molecule has 0 radical (unpaired) electrons. The van der Waals surface area contributed by atoms with Crippen molar-refractivity contribution in [2.75, 3.05) is 20.1 Å². The van der Waals surface area contributed by atoms with Crippen LogP contribution in [0.5, 0.6) is 0 Å². The van der Waals surface area contributed by atoms with Gasteiger partial charge in [0.1, 0.15) is 11.1 Å². The Hall–Kier alpha value is -4.14. The van der Waals surface area contributed by atoms with Crippen molar-refractivity contribution in [1.29, 1.82) is 0 Å². The van der Waals surface area contributed by atoms with Gasteiger partial charge < -0.3 is 37.3 Å². The van der Waals surface area contributed by atoms with Gasteiger partial charge in [-0.2, -0.15) is 0 Å². The van der Waals surface area contributed by atoms with E-state index in [2.05, 4.69) is 27.0 Å². The van der Waals surface area contributed by atoms with Crippen molar-refractivity contribution < 1.29 is 19.2 Å². The first-order valence-electron chi connectivity index (χ1n) is 16.7. The zero-order chi connectivity index (χ0) is 36.5. The molecule has 12 nitrogen and oxygen atoms in total. The number of fused-ring (bicyclic) bond motifs is 3. The standard InChI is InChI=1S/C36H42Cl2N8O4S/c1-46-20-32(48)44-18-23-15-24(37)16-27(38)33(23)51-35-26(21(11-13-41-35)14-22-17-42-28-7-3-2-6-25(22)28)19-43-29(9-10-31(40)47)34(49)45-30(36(46)50)8-4-5-12-39/h2-3,6-7,11,13,15-17,29-30,42-43H,4-5,8-10,12,14,18-20,39H2,1H3,(H2,40,47)(H,44,48)(H,45,49)/t29-,30-/m0/s1. The number of nitrogens with zero attached hydrogens (tertiary/aromatic N) is 2. The molecule has 0 saturated carbocycles. The number of nitrogens with two attached hydrogens (primary N) is 2. The van der Waals surface area contributed by atoms with Crippen molar-refractivity contribution in [1.82, 2.24) is 30.8 Å². The lowest BCUT2D eigenvalue weighted by molar-refractivity contribution is -0.138. The summed E-state index contributed by atoms with van der Waals surface area (Å²) in [6.45, 7) is 0.465. The molecule has 1 aliphatic heterocycles. The summed E-state index contributed by atoms with van der Waals surface area (Å²) < 4.78 is 0. The average Bonchev–Trinajstić information content (AvgIpc) is 3.50. The van der Waals surface area contributed by atoms with Crippen LogP contribution in [0, 0.1) is 0 Å². The van der Waals surface area contributed by atoms with Gasteiger partial charge in [-0.1, -0.05) is 53.2 Å². The molecule has 0 saturated heterocycles. The minimum Gasteiger partial charge on any atom is -0.370 e. The van der Waals surface area contributed by atoms with Crippen LogP contribution < -0.4 is 27.4 Å². The number of rotatable bonds is 9. The Bertz CT molecular complexity index is 1900. The van der Waals surface area contributed by atoms with Crippen molar-refractivity contribution in [3.05, 3.63) is 87.2 Å². The van der Waals surface area contributed by atoms with Gasteiger partial charge in [-0.3, -0.25) is 19.2 Å². The Kier molecular flexibility index (Phi) is 13.4. The molecule has 2 aromatic heterocycles. The minimum absolute atomic E-state index is 0.0580. The normalized spacial score (nSPS) is 17.7. The Morgan fingerprint density at radius 1 is 1.04 bits per heavy atom. The second-order valence-electron chi connectivity index (χ2n) is 12.5. The number of hydrogen-bond donors (Lipinski definition) is 6. The van der Waals surface area contributed by atoms with Crippen LogP contribution in [-0.2, 0) is 38.7 Å². The summed E-state index contributed by atoms with van der Waals surface area (Å²) in [6, 6.07) is 11.5. The summed E-state index contributed by atoms with van der Waals surface area (Å²) in [5.74, 6) is -1.86. The zero-order valence-electron chi connectivity index (χ0n) is 28.3. The third kappa shape index (κ3) is 10.0. The highest BCUT2D eigenvalue weighted by Gasteiger charge is 2.29. The number of carbonyl (C=O) groups excluding carboxylic acids is 4. The summed E-state index contributed by atoms with van der Waals surface area (Å²) >= 11 is 14.5. The predicted molar refractivity (Wildman–Crippen MR) is 199 cm³/mol. The van der Waals surface area contributed by atoms with Gasteiger partial charge in [0.25, 0.3) is 0 Å². The number of pyridine rings is 1. The number of amides is 4. The molecule has 8 N–H and O–H groups in total. The van der Waals surface area contributed by atoms with Gasteiger partial charge >= 0.3 is 0 Å². The topological polar surface area (TPSA) is 188 Å². The van der Waals surface area contributed by atoms with Crippen molar-refractivity contribution in [3.63, 3.8) is 0 Å². The van der Waals surface area contributed by atoms with Crippen LogP contribution >= 0.6 is 35.0 Å². The summed E-state index contributed by atoms with van der Waals surface area (Å²) in [5.41, 5.74) is 15.7. The molecule has 0 unspecified atom stereocenters. The largest absolute Gasteiger partial charge is 0.370 e. The smallest absolute Gasteiger partial charge is 0.245 e. The van der Waals surface area contributed by atoms with E-state index in [1.54, 1.807) is 18.3 Å². The highest BCUT2D eigenvalue weighted by Crippen LogP contribution is 2.40. The van der Waals surface area contributed by atoms with Crippen LogP contribution in [0.4, 0.5) is 0 Å².